The number of hydrogen-bond acceptors (Lipinski definition) is 7. The average Bonchev–Trinajstić information content (AvgIpc) is 3.06. The lowest BCUT2D eigenvalue weighted by Gasteiger charge is -2.35. The predicted molar refractivity (Wildman–Crippen MR) is 187 cm³/mol. The van der Waals surface area contributed by atoms with Crippen LogP contribution < -0.4 is 15.4 Å². The third-order valence-electron chi connectivity index (χ3n) is 9.42. The number of sulfonamides is 1. The van der Waals surface area contributed by atoms with Gasteiger partial charge in [0.1, 0.15) is 5.75 Å². The Balaban J connectivity index is 1.60. The molecule has 0 unspecified atom stereocenters. The van der Waals surface area contributed by atoms with Gasteiger partial charge in [0, 0.05) is 44.4 Å². The van der Waals surface area contributed by atoms with Crippen LogP contribution in [0.5, 0.6) is 5.75 Å². The summed E-state index contributed by atoms with van der Waals surface area (Å²) in [6.45, 7) is 7.99. The van der Waals surface area contributed by atoms with Crippen molar-refractivity contribution in [2.24, 2.45) is 5.92 Å². The number of nitrogens with zero attached hydrogens (tertiary/aromatic N) is 2. The standard InChI is InChI=1S/C36H54N4O7S/c1-25-14-17-31(18-15-25)48(44,45)39(5)23-34-26(2)22-40(27(3)24-41)35(42)32-21-30(38-36(43)37-29-12-7-6-8-13-29)16-19-33(32)47-28(4)11-9-10-20-46-34/h14-19,21,26-29,34,41H,6-13,20,22-24H2,1-5H3,(H2,37,38,43)/t26-,27-,28+,34-/m1/s1. The van der Waals surface area contributed by atoms with Gasteiger partial charge in [0.25, 0.3) is 5.91 Å². The van der Waals surface area contributed by atoms with Crippen LogP contribution in [0.3, 0.4) is 0 Å². The normalized spacial score (nSPS) is 22.7. The number of carbonyl (C=O) groups excluding carboxylic acids is 2. The van der Waals surface area contributed by atoms with E-state index in [1.807, 2.05) is 20.8 Å². The molecule has 11 nitrogen and oxygen atoms in total. The number of urea groups is 1. The summed E-state index contributed by atoms with van der Waals surface area (Å²) in [4.78, 5) is 29.0. The highest BCUT2D eigenvalue weighted by atomic mass is 32.2. The van der Waals surface area contributed by atoms with Crippen molar-refractivity contribution in [3.8, 4) is 5.75 Å². The number of rotatable bonds is 8. The summed E-state index contributed by atoms with van der Waals surface area (Å²) in [6, 6.07) is 11.1. The summed E-state index contributed by atoms with van der Waals surface area (Å²) in [5.41, 5.74) is 1.70. The SMILES string of the molecule is Cc1ccc(S(=O)(=O)N(C)C[C@H]2OCCCC[C@H](C)Oc3ccc(NC(=O)NC4CCCCC4)cc3C(=O)N([C@H](C)CO)C[C@H]2C)cc1. The third-order valence-corrected chi connectivity index (χ3v) is 11.3. The van der Waals surface area contributed by atoms with Crippen LogP contribution in [0, 0.1) is 12.8 Å². The molecule has 266 valence electrons. The topological polar surface area (TPSA) is 138 Å². The largest absolute Gasteiger partial charge is 0.490 e. The molecule has 2 aromatic rings. The highest BCUT2D eigenvalue weighted by molar-refractivity contribution is 7.89. The molecular weight excluding hydrogens is 632 g/mol. The Labute approximate surface area is 286 Å². The lowest BCUT2D eigenvalue weighted by atomic mass is 9.96. The Morgan fingerprint density at radius 2 is 1.73 bits per heavy atom. The first-order valence-electron chi connectivity index (χ1n) is 17.3. The van der Waals surface area contributed by atoms with E-state index in [0.29, 0.717) is 18.0 Å². The minimum absolute atomic E-state index is 0.0905. The Kier molecular flexibility index (Phi) is 13.7. The lowest BCUT2D eigenvalue weighted by Crippen LogP contribution is -2.48. The summed E-state index contributed by atoms with van der Waals surface area (Å²) >= 11 is 0. The number of aryl methyl sites for hydroxylation is 1. The van der Waals surface area contributed by atoms with Gasteiger partial charge in [0.2, 0.25) is 10.0 Å². The zero-order valence-corrected chi connectivity index (χ0v) is 29.9. The van der Waals surface area contributed by atoms with Gasteiger partial charge in [-0.15, -0.1) is 0 Å². The fraction of sp³-hybridized carbons (Fsp3) is 0.611. The molecule has 0 saturated heterocycles. The number of anilines is 1. The molecule has 12 heteroatoms. The van der Waals surface area contributed by atoms with E-state index in [1.54, 1.807) is 61.3 Å². The fourth-order valence-corrected chi connectivity index (χ4v) is 7.49. The number of aliphatic hydroxyl groups is 1. The Hall–Kier alpha value is -3.19. The maximum atomic E-state index is 14.4. The van der Waals surface area contributed by atoms with Crippen LogP contribution in [0.25, 0.3) is 0 Å². The van der Waals surface area contributed by atoms with Gasteiger partial charge in [-0.05, 0) is 83.2 Å². The van der Waals surface area contributed by atoms with E-state index in [0.717, 1.165) is 50.5 Å². The Morgan fingerprint density at radius 3 is 2.42 bits per heavy atom. The number of nitrogens with one attached hydrogen (secondary N) is 2. The molecule has 4 atom stereocenters. The van der Waals surface area contributed by atoms with E-state index < -0.39 is 22.2 Å². The van der Waals surface area contributed by atoms with Crippen LogP contribution in [-0.2, 0) is 14.8 Å². The molecule has 0 spiro atoms. The van der Waals surface area contributed by atoms with Crippen molar-refractivity contribution in [3.05, 3.63) is 53.6 Å². The minimum Gasteiger partial charge on any atom is -0.490 e. The second-order valence-electron chi connectivity index (χ2n) is 13.5. The van der Waals surface area contributed by atoms with Crippen molar-refractivity contribution in [2.75, 3.05) is 38.7 Å². The molecule has 0 aromatic heterocycles. The summed E-state index contributed by atoms with van der Waals surface area (Å²) in [5, 5.41) is 16.2. The van der Waals surface area contributed by atoms with E-state index in [-0.39, 0.29) is 60.2 Å². The van der Waals surface area contributed by atoms with E-state index in [2.05, 4.69) is 10.6 Å². The van der Waals surface area contributed by atoms with Gasteiger partial charge in [0.15, 0.2) is 0 Å². The highest BCUT2D eigenvalue weighted by Crippen LogP contribution is 2.29. The lowest BCUT2D eigenvalue weighted by molar-refractivity contribution is -0.00833. The first kappa shape index (κ1) is 37.6. The summed E-state index contributed by atoms with van der Waals surface area (Å²) in [6.07, 6.45) is 6.85. The van der Waals surface area contributed by atoms with Crippen LogP contribution in [0.2, 0.25) is 0 Å². The monoisotopic (exact) mass is 686 g/mol. The molecule has 1 aliphatic heterocycles. The van der Waals surface area contributed by atoms with Gasteiger partial charge in [-0.1, -0.05) is 43.9 Å². The molecule has 48 heavy (non-hydrogen) atoms. The molecule has 2 aliphatic rings. The second kappa shape index (κ2) is 17.5. The number of carbonyl (C=O) groups is 2. The molecule has 0 bridgehead atoms. The van der Waals surface area contributed by atoms with Crippen molar-refractivity contribution in [2.45, 2.75) is 108 Å². The van der Waals surface area contributed by atoms with Crippen LogP contribution in [-0.4, -0.2) is 92.3 Å². The van der Waals surface area contributed by atoms with Crippen LogP contribution in [0.1, 0.15) is 88.1 Å². The highest BCUT2D eigenvalue weighted by Gasteiger charge is 2.32. The van der Waals surface area contributed by atoms with Gasteiger partial charge in [-0.25, -0.2) is 13.2 Å². The third kappa shape index (κ3) is 10.2. The van der Waals surface area contributed by atoms with Gasteiger partial charge >= 0.3 is 6.03 Å². The smallest absolute Gasteiger partial charge is 0.319 e. The summed E-state index contributed by atoms with van der Waals surface area (Å²) in [7, 11) is -2.23. The Morgan fingerprint density at radius 1 is 1.04 bits per heavy atom. The number of fused-ring (bicyclic) bond motifs is 1. The first-order valence-corrected chi connectivity index (χ1v) is 18.8. The van der Waals surface area contributed by atoms with E-state index >= 15 is 0 Å². The summed E-state index contributed by atoms with van der Waals surface area (Å²) < 4.78 is 40.9. The van der Waals surface area contributed by atoms with Gasteiger partial charge in [-0.2, -0.15) is 4.31 Å². The molecule has 1 heterocycles. The maximum absolute atomic E-state index is 14.4. The van der Waals surface area contributed by atoms with E-state index in [9.17, 15) is 23.1 Å². The average molecular weight is 687 g/mol. The van der Waals surface area contributed by atoms with Crippen LogP contribution >= 0.6 is 0 Å². The number of hydrogen-bond donors (Lipinski definition) is 3. The number of ether oxygens (including phenoxy) is 2. The predicted octanol–water partition coefficient (Wildman–Crippen LogP) is 5.57. The molecule has 1 aliphatic carbocycles. The van der Waals surface area contributed by atoms with E-state index in [4.69, 9.17) is 9.47 Å². The zero-order chi connectivity index (χ0) is 34.8. The van der Waals surface area contributed by atoms with Gasteiger partial charge < -0.3 is 30.1 Å². The number of benzene rings is 2. The van der Waals surface area contributed by atoms with E-state index in [1.165, 1.54) is 10.7 Å². The van der Waals surface area contributed by atoms with Gasteiger partial charge in [-0.3, -0.25) is 4.79 Å². The van der Waals surface area contributed by atoms with Crippen molar-refractivity contribution in [1.29, 1.82) is 0 Å². The molecule has 2 aromatic carbocycles. The molecule has 3 amide bonds. The van der Waals surface area contributed by atoms with Crippen molar-refractivity contribution < 1.29 is 32.6 Å². The number of amides is 3. The van der Waals surface area contributed by atoms with Gasteiger partial charge in [0.05, 0.1) is 35.3 Å². The van der Waals surface area contributed by atoms with Crippen molar-refractivity contribution in [3.63, 3.8) is 0 Å². The number of likely N-dealkylation sites (N-methyl/N-ethyl adjacent to an activating group) is 1. The maximum Gasteiger partial charge on any atom is 0.319 e. The van der Waals surface area contributed by atoms with Crippen molar-refractivity contribution in [1.82, 2.24) is 14.5 Å². The summed E-state index contributed by atoms with van der Waals surface area (Å²) in [5.74, 6) is -0.256. The quantitative estimate of drug-likeness (QED) is 0.331. The molecule has 3 N–H and O–H groups in total. The Bertz CT molecular complexity index is 1460. The first-order chi connectivity index (χ1) is 22.9. The molecule has 1 fully saturated rings. The fourth-order valence-electron chi connectivity index (χ4n) is 6.30. The molecule has 0 radical (unpaired) electrons. The molecule has 1 saturated carbocycles. The zero-order valence-electron chi connectivity index (χ0n) is 29.1. The molecular formula is C36H54N4O7S. The van der Waals surface area contributed by atoms with Crippen molar-refractivity contribution >= 4 is 27.6 Å². The van der Waals surface area contributed by atoms with Crippen LogP contribution in [0.15, 0.2) is 47.4 Å². The minimum atomic E-state index is -3.78. The number of aliphatic hydroxyl groups excluding tert-OH is 1. The molecule has 4 rings (SSSR count). The second-order valence-corrected chi connectivity index (χ2v) is 15.6. The van der Waals surface area contributed by atoms with Crippen LogP contribution in [0.4, 0.5) is 10.5 Å².